The van der Waals surface area contributed by atoms with Crippen LogP contribution in [0.3, 0.4) is 0 Å². The van der Waals surface area contributed by atoms with Crippen LogP contribution in [0.1, 0.15) is 27.2 Å². The molecule has 0 atom stereocenters. The molecule has 3 rings (SSSR count). The fourth-order valence-corrected chi connectivity index (χ4v) is 2.70. The fourth-order valence-electron chi connectivity index (χ4n) is 2.52. The van der Waals surface area contributed by atoms with E-state index in [1.165, 1.54) is 11.9 Å². The van der Waals surface area contributed by atoms with E-state index in [1.807, 2.05) is 19.1 Å². The van der Waals surface area contributed by atoms with Gasteiger partial charge in [0.05, 0.1) is 0 Å². The maximum absolute atomic E-state index is 12.5. The third-order valence-corrected chi connectivity index (χ3v) is 4.38. The SMILES string of the molecule is Cc1cccc(CNc2cc(C(=O)Nc3cccc(Cl)c3C)ncn2)c1. The largest absolute Gasteiger partial charge is 0.366 e. The topological polar surface area (TPSA) is 66.9 Å². The van der Waals surface area contributed by atoms with Gasteiger partial charge in [-0.25, -0.2) is 9.97 Å². The second kappa shape index (κ2) is 7.97. The zero-order chi connectivity index (χ0) is 18.5. The van der Waals surface area contributed by atoms with Gasteiger partial charge in [-0.05, 0) is 37.1 Å². The number of aryl methyl sites for hydroxylation is 1. The number of hydrogen-bond acceptors (Lipinski definition) is 4. The van der Waals surface area contributed by atoms with Crippen molar-refractivity contribution in [3.63, 3.8) is 0 Å². The van der Waals surface area contributed by atoms with Crippen LogP contribution >= 0.6 is 11.6 Å². The average molecular weight is 367 g/mol. The number of carbonyl (C=O) groups excluding carboxylic acids is 1. The Hall–Kier alpha value is -2.92. The first-order valence-corrected chi connectivity index (χ1v) is 8.58. The van der Waals surface area contributed by atoms with E-state index in [2.05, 4.69) is 39.7 Å². The number of nitrogens with zero attached hydrogens (tertiary/aromatic N) is 2. The average Bonchev–Trinajstić information content (AvgIpc) is 2.64. The molecule has 5 nitrogen and oxygen atoms in total. The molecule has 0 fully saturated rings. The normalized spacial score (nSPS) is 10.4. The van der Waals surface area contributed by atoms with Gasteiger partial charge >= 0.3 is 0 Å². The van der Waals surface area contributed by atoms with Gasteiger partial charge in [-0.1, -0.05) is 47.5 Å². The lowest BCUT2D eigenvalue weighted by atomic mass is 10.1. The number of anilines is 2. The molecule has 0 aliphatic carbocycles. The van der Waals surface area contributed by atoms with Crippen LogP contribution in [-0.2, 0) is 6.54 Å². The van der Waals surface area contributed by atoms with Gasteiger partial charge in [0.1, 0.15) is 17.8 Å². The third-order valence-electron chi connectivity index (χ3n) is 3.97. The van der Waals surface area contributed by atoms with Crippen LogP contribution in [0.2, 0.25) is 5.02 Å². The van der Waals surface area contributed by atoms with Gasteiger partial charge in [0.15, 0.2) is 0 Å². The fraction of sp³-hybridized carbons (Fsp3) is 0.150. The van der Waals surface area contributed by atoms with Gasteiger partial charge in [-0.2, -0.15) is 0 Å². The predicted octanol–water partition coefficient (Wildman–Crippen LogP) is 4.61. The molecule has 0 bridgehead atoms. The Labute approximate surface area is 157 Å². The van der Waals surface area contributed by atoms with Crippen LogP contribution in [0.25, 0.3) is 0 Å². The maximum atomic E-state index is 12.5. The number of nitrogens with one attached hydrogen (secondary N) is 2. The molecule has 26 heavy (non-hydrogen) atoms. The quantitative estimate of drug-likeness (QED) is 0.691. The second-order valence-electron chi connectivity index (χ2n) is 6.00. The molecular weight excluding hydrogens is 348 g/mol. The Bertz CT molecular complexity index is 943. The van der Waals surface area contributed by atoms with Crippen LogP contribution in [0.15, 0.2) is 54.9 Å². The third kappa shape index (κ3) is 4.37. The van der Waals surface area contributed by atoms with E-state index >= 15 is 0 Å². The smallest absolute Gasteiger partial charge is 0.274 e. The monoisotopic (exact) mass is 366 g/mol. The minimum absolute atomic E-state index is 0.283. The Balaban J connectivity index is 1.70. The van der Waals surface area contributed by atoms with Crippen molar-refractivity contribution in [3.05, 3.63) is 82.3 Å². The molecule has 2 N–H and O–H groups in total. The van der Waals surface area contributed by atoms with Crippen LogP contribution in [0.4, 0.5) is 11.5 Å². The van der Waals surface area contributed by atoms with Gasteiger partial charge in [0.2, 0.25) is 0 Å². The summed E-state index contributed by atoms with van der Waals surface area (Å²) in [5, 5.41) is 6.65. The van der Waals surface area contributed by atoms with E-state index in [9.17, 15) is 4.79 Å². The summed E-state index contributed by atoms with van der Waals surface area (Å²) in [6, 6.07) is 15.2. The zero-order valence-electron chi connectivity index (χ0n) is 14.6. The Morgan fingerprint density at radius 2 is 1.88 bits per heavy atom. The summed E-state index contributed by atoms with van der Waals surface area (Å²) in [6.45, 7) is 4.52. The van der Waals surface area contributed by atoms with Crippen LogP contribution in [-0.4, -0.2) is 15.9 Å². The molecule has 0 radical (unpaired) electrons. The molecule has 0 aliphatic rings. The number of rotatable bonds is 5. The molecule has 1 aromatic heterocycles. The van der Waals surface area contributed by atoms with Crippen molar-refractivity contribution in [1.82, 2.24) is 9.97 Å². The van der Waals surface area contributed by atoms with Gasteiger partial charge < -0.3 is 10.6 Å². The van der Waals surface area contributed by atoms with Crippen molar-refractivity contribution < 1.29 is 4.79 Å². The summed E-state index contributed by atoms with van der Waals surface area (Å²) >= 11 is 6.09. The van der Waals surface area contributed by atoms with Gasteiger partial charge in [0, 0.05) is 23.3 Å². The highest BCUT2D eigenvalue weighted by atomic mass is 35.5. The minimum Gasteiger partial charge on any atom is -0.366 e. The lowest BCUT2D eigenvalue weighted by Crippen LogP contribution is -2.15. The zero-order valence-corrected chi connectivity index (χ0v) is 15.3. The number of amides is 1. The highest BCUT2D eigenvalue weighted by Gasteiger charge is 2.11. The molecule has 0 aliphatic heterocycles. The Kier molecular flexibility index (Phi) is 5.49. The van der Waals surface area contributed by atoms with Crippen molar-refractivity contribution in [2.75, 3.05) is 10.6 Å². The molecule has 1 amide bonds. The summed E-state index contributed by atoms with van der Waals surface area (Å²) in [5.74, 6) is 0.283. The van der Waals surface area contributed by atoms with Crippen molar-refractivity contribution in [2.45, 2.75) is 20.4 Å². The number of benzene rings is 2. The van der Waals surface area contributed by atoms with Crippen molar-refractivity contribution in [2.24, 2.45) is 0 Å². The number of halogens is 1. The summed E-state index contributed by atoms with van der Waals surface area (Å²) < 4.78 is 0. The van der Waals surface area contributed by atoms with Crippen LogP contribution in [0.5, 0.6) is 0 Å². The van der Waals surface area contributed by atoms with Crippen molar-refractivity contribution >= 4 is 29.0 Å². The molecule has 6 heteroatoms. The van der Waals surface area contributed by atoms with E-state index < -0.39 is 0 Å². The molecule has 0 unspecified atom stereocenters. The highest BCUT2D eigenvalue weighted by molar-refractivity contribution is 6.31. The summed E-state index contributed by atoms with van der Waals surface area (Å²) in [4.78, 5) is 20.7. The summed E-state index contributed by atoms with van der Waals surface area (Å²) in [6.07, 6.45) is 1.37. The first-order chi connectivity index (χ1) is 12.5. The van der Waals surface area contributed by atoms with Gasteiger partial charge in [0.25, 0.3) is 5.91 Å². The van der Waals surface area contributed by atoms with Crippen LogP contribution < -0.4 is 10.6 Å². The molecule has 1 heterocycles. The van der Waals surface area contributed by atoms with E-state index in [0.29, 0.717) is 23.1 Å². The Morgan fingerprint density at radius 3 is 2.69 bits per heavy atom. The van der Waals surface area contributed by atoms with E-state index in [4.69, 9.17) is 11.6 Å². The number of aromatic nitrogens is 2. The number of carbonyl (C=O) groups is 1. The van der Waals surface area contributed by atoms with Gasteiger partial charge in [-0.3, -0.25) is 4.79 Å². The molecular formula is C20H19ClN4O. The molecule has 132 valence electrons. The summed E-state index contributed by atoms with van der Waals surface area (Å²) in [5.41, 5.74) is 4.10. The molecule has 0 saturated carbocycles. The molecule has 0 saturated heterocycles. The van der Waals surface area contributed by atoms with Crippen molar-refractivity contribution in [3.8, 4) is 0 Å². The number of hydrogen-bond donors (Lipinski definition) is 2. The lowest BCUT2D eigenvalue weighted by Gasteiger charge is -2.10. The van der Waals surface area contributed by atoms with E-state index in [0.717, 1.165) is 11.1 Å². The van der Waals surface area contributed by atoms with Crippen LogP contribution in [0, 0.1) is 13.8 Å². The second-order valence-corrected chi connectivity index (χ2v) is 6.40. The Morgan fingerprint density at radius 1 is 1.08 bits per heavy atom. The standard InChI is InChI=1S/C20H19ClN4O/c1-13-5-3-6-15(9-13)11-22-19-10-18(23-12-24-19)20(26)25-17-8-4-7-16(21)14(17)2/h3-10,12H,11H2,1-2H3,(H,25,26)(H,22,23,24). The summed E-state index contributed by atoms with van der Waals surface area (Å²) in [7, 11) is 0. The highest BCUT2D eigenvalue weighted by Crippen LogP contribution is 2.23. The van der Waals surface area contributed by atoms with Crippen molar-refractivity contribution in [1.29, 1.82) is 0 Å². The van der Waals surface area contributed by atoms with Gasteiger partial charge in [-0.15, -0.1) is 0 Å². The lowest BCUT2D eigenvalue weighted by molar-refractivity contribution is 0.102. The minimum atomic E-state index is -0.309. The van der Waals surface area contributed by atoms with E-state index in [1.54, 1.807) is 24.3 Å². The molecule has 0 spiro atoms. The van der Waals surface area contributed by atoms with E-state index in [-0.39, 0.29) is 11.6 Å². The molecule has 3 aromatic rings. The first-order valence-electron chi connectivity index (χ1n) is 8.21. The predicted molar refractivity (Wildman–Crippen MR) is 105 cm³/mol. The first kappa shape index (κ1) is 17.9. The molecule has 2 aromatic carbocycles. The maximum Gasteiger partial charge on any atom is 0.274 e.